The summed E-state index contributed by atoms with van der Waals surface area (Å²) in [6, 6.07) is 17.5. The minimum Gasteiger partial charge on any atom is -0.744 e. The van der Waals surface area contributed by atoms with Crippen LogP contribution in [0.2, 0.25) is 0 Å². The van der Waals surface area contributed by atoms with E-state index in [-0.39, 0.29) is 16.2 Å². The number of rotatable bonds is 17. The fourth-order valence-corrected chi connectivity index (χ4v) is 10.5. The van der Waals surface area contributed by atoms with E-state index in [1.807, 2.05) is 12.1 Å². The number of nitrogens with zero attached hydrogens (tertiary/aromatic N) is 3. The van der Waals surface area contributed by atoms with Crippen LogP contribution in [0.15, 0.2) is 112 Å². The minimum absolute atomic E-state index is 0.0336. The Morgan fingerprint density at radius 1 is 0.844 bits per heavy atom. The van der Waals surface area contributed by atoms with Gasteiger partial charge in [-0.25, -0.2) is 16.8 Å². The first kappa shape index (κ1) is 48.7. The first-order valence-electron chi connectivity index (χ1n) is 22.2. The van der Waals surface area contributed by atoms with Crippen LogP contribution in [0.5, 0.6) is 0 Å². The second-order valence-electron chi connectivity index (χ2n) is 19.8. The topological polar surface area (TPSA) is 162 Å². The van der Waals surface area contributed by atoms with Gasteiger partial charge < -0.3 is 28.5 Å². The molecule has 3 aromatic carbocycles. The van der Waals surface area contributed by atoms with E-state index in [1.165, 1.54) is 29.2 Å². The summed E-state index contributed by atoms with van der Waals surface area (Å²) in [6.07, 6.45) is 13.4. The van der Waals surface area contributed by atoms with Gasteiger partial charge in [0.1, 0.15) is 20.2 Å². The molecule has 6 rings (SSSR count). The van der Waals surface area contributed by atoms with Crippen molar-refractivity contribution in [3.8, 4) is 0 Å². The number of quaternary nitrogens is 2. The van der Waals surface area contributed by atoms with Gasteiger partial charge in [0, 0.05) is 53.9 Å². The Bertz CT molecular complexity index is 2680. The SMILES string of the molecule is C[NH+](C)CCCN1/C(=C/C=C2\CCCC(/C=C/C3=[N+](CCC[N+](C)(C)C)c4ccc(S(=O)(=O)[O-])cc4C3(C)C)=C2c2ccc(CCC(=O)O)cc2)C(C)(C)c2cc(S(=O)(=O)[O-])ccc21. The third-order valence-corrected chi connectivity index (χ3v) is 14.5. The van der Waals surface area contributed by atoms with Crippen LogP contribution in [0.4, 0.5) is 11.4 Å². The summed E-state index contributed by atoms with van der Waals surface area (Å²) in [5.74, 6) is -0.850. The molecule has 3 aromatic rings. The largest absolute Gasteiger partial charge is 0.744 e. The zero-order valence-electron chi connectivity index (χ0n) is 38.8. The molecule has 0 saturated heterocycles. The molecule has 0 bridgehead atoms. The van der Waals surface area contributed by atoms with Crippen molar-refractivity contribution >= 4 is 48.9 Å². The number of hydrogen-bond acceptors (Lipinski definition) is 8. The van der Waals surface area contributed by atoms with Gasteiger partial charge in [-0.1, -0.05) is 50.3 Å². The molecular formula is C50H65N4O8S2+. The van der Waals surface area contributed by atoms with E-state index in [1.54, 1.807) is 12.1 Å². The number of aryl methyl sites for hydroxylation is 1. The standard InChI is InChI=1S/C50H64N4O8S2/c1-49(2)41-33-39(63(57,58)59)22-24-43(41)52(30-11-29-51(5)6)45(49)26-20-36-13-10-14-37(48(36)38-18-15-35(16-19-38)17-28-47(55)56)21-27-46-50(3,4)42-34-40(64(60,61)62)23-25-44(42)53(46)31-12-32-54(7,8)9/h15-16,18-27,33-34H,10-14,17,28-32H2,1-9H3,(H-2,55,56,57,58,59,60,61,62)/p+1. The number of anilines is 1. The fraction of sp³-hybridized carbons (Fsp3) is 0.440. The van der Waals surface area contributed by atoms with Gasteiger partial charge in [-0.3, -0.25) is 4.79 Å². The number of benzene rings is 3. The number of fused-ring (bicyclic) bond motifs is 2. The number of carbonyl (C=O) groups is 1. The molecule has 0 aromatic heterocycles. The van der Waals surface area contributed by atoms with Gasteiger partial charge in [-0.05, 0) is 109 Å². The van der Waals surface area contributed by atoms with Gasteiger partial charge in [0.05, 0.1) is 70.0 Å². The molecule has 0 radical (unpaired) electrons. The molecule has 2 aliphatic heterocycles. The van der Waals surface area contributed by atoms with Crippen molar-refractivity contribution < 1.29 is 49.8 Å². The molecule has 0 fully saturated rings. The predicted molar refractivity (Wildman–Crippen MR) is 250 cm³/mol. The highest BCUT2D eigenvalue weighted by Gasteiger charge is 2.45. The second kappa shape index (κ2) is 18.7. The summed E-state index contributed by atoms with van der Waals surface area (Å²) in [5, 5.41) is 9.36. The number of carboxylic acids is 1. The van der Waals surface area contributed by atoms with Crippen LogP contribution >= 0.6 is 0 Å². The fourth-order valence-electron chi connectivity index (χ4n) is 9.47. The number of aliphatic carboxylic acids is 1. The van der Waals surface area contributed by atoms with E-state index in [9.17, 15) is 35.8 Å². The van der Waals surface area contributed by atoms with Crippen molar-refractivity contribution in [1.82, 2.24) is 0 Å². The molecule has 64 heavy (non-hydrogen) atoms. The van der Waals surface area contributed by atoms with Crippen LogP contribution in [0.3, 0.4) is 0 Å². The van der Waals surface area contributed by atoms with Gasteiger partial charge in [0.25, 0.3) is 0 Å². The number of hydrogen-bond donors (Lipinski definition) is 2. The van der Waals surface area contributed by atoms with Crippen LogP contribution < -0.4 is 9.80 Å². The highest BCUT2D eigenvalue weighted by atomic mass is 32.2. The molecule has 0 amide bonds. The molecule has 12 nitrogen and oxygen atoms in total. The van der Waals surface area contributed by atoms with Crippen LogP contribution in [0, 0.1) is 0 Å². The van der Waals surface area contributed by atoms with Gasteiger partial charge in [0.2, 0.25) is 5.69 Å². The molecule has 344 valence electrons. The maximum absolute atomic E-state index is 12.2. The summed E-state index contributed by atoms with van der Waals surface area (Å²) in [7, 11) is 1.35. The monoisotopic (exact) mass is 913 g/mol. The average molecular weight is 914 g/mol. The van der Waals surface area contributed by atoms with E-state index in [2.05, 4.69) is 109 Å². The minimum atomic E-state index is -4.67. The summed E-state index contributed by atoms with van der Waals surface area (Å²) in [4.78, 5) is 14.5. The third kappa shape index (κ3) is 10.9. The maximum atomic E-state index is 12.2. The molecule has 14 heteroatoms. The molecule has 1 aliphatic carbocycles. The second-order valence-corrected chi connectivity index (χ2v) is 22.6. The Hall–Kier alpha value is -4.70. The van der Waals surface area contributed by atoms with Crippen LogP contribution in [-0.4, -0.2) is 113 Å². The highest BCUT2D eigenvalue weighted by Crippen LogP contribution is 2.49. The summed E-state index contributed by atoms with van der Waals surface area (Å²) < 4.78 is 76.2. The molecule has 0 saturated carbocycles. The molecular weight excluding hydrogens is 849 g/mol. The molecule has 0 atom stereocenters. The van der Waals surface area contributed by atoms with E-state index in [4.69, 9.17) is 0 Å². The highest BCUT2D eigenvalue weighted by molar-refractivity contribution is 7.86. The molecule has 0 spiro atoms. The van der Waals surface area contributed by atoms with Crippen molar-refractivity contribution in [3.63, 3.8) is 0 Å². The van der Waals surface area contributed by atoms with Gasteiger partial charge >= 0.3 is 5.97 Å². The van der Waals surface area contributed by atoms with Crippen molar-refractivity contribution in [2.75, 3.05) is 66.3 Å². The number of allylic oxidation sites excluding steroid dienone is 8. The molecule has 2 N–H and O–H groups in total. The normalized spacial score (nSPS) is 18.8. The number of carboxylic acid groups (broad SMARTS) is 1. The zero-order chi connectivity index (χ0) is 47.0. The van der Waals surface area contributed by atoms with Crippen molar-refractivity contribution in [3.05, 3.63) is 124 Å². The quantitative estimate of drug-likeness (QED) is 0.0897. The maximum Gasteiger partial charge on any atom is 0.303 e. The smallest absolute Gasteiger partial charge is 0.303 e. The van der Waals surface area contributed by atoms with Crippen molar-refractivity contribution in [1.29, 1.82) is 0 Å². The predicted octanol–water partition coefficient (Wildman–Crippen LogP) is 6.32. The van der Waals surface area contributed by atoms with E-state index in [0.29, 0.717) is 19.5 Å². The first-order valence-corrected chi connectivity index (χ1v) is 25.0. The Balaban J connectivity index is 1.50. The van der Waals surface area contributed by atoms with Crippen molar-refractivity contribution in [2.45, 2.75) is 93.3 Å². The van der Waals surface area contributed by atoms with Crippen LogP contribution in [0.1, 0.15) is 88.5 Å². The summed E-state index contributed by atoms with van der Waals surface area (Å²) >= 11 is 0. The molecule has 3 aliphatic rings. The van der Waals surface area contributed by atoms with Crippen molar-refractivity contribution in [2.24, 2.45) is 0 Å². The summed E-state index contributed by atoms with van der Waals surface area (Å²) in [6.45, 7) is 11.5. The van der Waals surface area contributed by atoms with E-state index in [0.717, 1.165) is 111 Å². The van der Waals surface area contributed by atoms with Crippen LogP contribution in [-0.2, 0) is 42.3 Å². The Labute approximate surface area is 380 Å². The van der Waals surface area contributed by atoms with E-state index < -0.39 is 37.0 Å². The number of nitrogens with one attached hydrogen (secondary N) is 1. The lowest BCUT2D eigenvalue weighted by Crippen LogP contribution is -3.05. The lowest BCUT2D eigenvalue weighted by Gasteiger charge is -2.28. The Morgan fingerprint density at radius 3 is 2.09 bits per heavy atom. The average Bonchev–Trinajstić information content (AvgIpc) is 3.54. The molecule has 0 unspecified atom stereocenters. The van der Waals surface area contributed by atoms with Gasteiger partial charge in [0.15, 0.2) is 12.3 Å². The van der Waals surface area contributed by atoms with Crippen LogP contribution in [0.25, 0.3) is 5.57 Å². The lowest BCUT2D eigenvalue weighted by atomic mass is 9.79. The zero-order valence-corrected chi connectivity index (χ0v) is 40.5. The Kier molecular flexibility index (Phi) is 14.2. The lowest BCUT2D eigenvalue weighted by molar-refractivity contribution is -0.871. The third-order valence-electron chi connectivity index (χ3n) is 12.9. The molecule has 2 heterocycles. The van der Waals surface area contributed by atoms with Gasteiger partial charge in [-0.2, -0.15) is 4.58 Å². The summed E-state index contributed by atoms with van der Waals surface area (Å²) in [5.41, 5.74) is 9.34. The van der Waals surface area contributed by atoms with Gasteiger partial charge in [-0.15, -0.1) is 0 Å². The first-order chi connectivity index (χ1) is 29.8. The van der Waals surface area contributed by atoms with E-state index >= 15 is 0 Å². The Morgan fingerprint density at radius 2 is 1.48 bits per heavy atom.